The highest BCUT2D eigenvalue weighted by Crippen LogP contribution is 2.29. The van der Waals surface area contributed by atoms with Gasteiger partial charge >= 0.3 is 12.0 Å². The van der Waals surface area contributed by atoms with Crippen LogP contribution in [0.15, 0.2) is 42.5 Å². The fraction of sp³-hybridized carbons (Fsp3) is 0.250. The molecule has 3 rings (SSSR count). The van der Waals surface area contributed by atoms with E-state index in [1.165, 1.54) is 18.2 Å². The molecule has 6 nitrogen and oxygen atoms in total. The van der Waals surface area contributed by atoms with E-state index < -0.39 is 42.4 Å². The van der Waals surface area contributed by atoms with Crippen LogP contribution in [0.4, 0.5) is 9.18 Å². The standard InChI is InChI=1S/C20H18ClFN2O4/c1-12-6-8-13(9-7-12)20(2)18(26)24(19(27)23-20)10-17(25)28-11-14-15(21)4-3-5-16(14)22/h3-9H,10-11H2,1-2H3,(H,23,27)/t20-/m0/s1. The summed E-state index contributed by atoms with van der Waals surface area (Å²) in [6.07, 6.45) is 0. The van der Waals surface area contributed by atoms with Crippen molar-refractivity contribution in [3.63, 3.8) is 0 Å². The van der Waals surface area contributed by atoms with Gasteiger partial charge in [-0.1, -0.05) is 47.5 Å². The van der Waals surface area contributed by atoms with Gasteiger partial charge in [0.15, 0.2) is 0 Å². The quantitative estimate of drug-likeness (QED) is 0.613. The number of hydrogen-bond donors (Lipinski definition) is 1. The van der Waals surface area contributed by atoms with Crippen LogP contribution in [0.25, 0.3) is 0 Å². The Morgan fingerprint density at radius 2 is 1.89 bits per heavy atom. The molecule has 3 amide bonds. The molecular weight excluding hydrogens is 387 g/mol. The van der Waals surface area contributed by atoms with E-state index in [1.807, 2.05) is 19.1 Å². The normalized spacial score (nSPS) is 18.9. The van der Waals surface area contributed by atoms with Gasteiger partial charge in [-0.2, -0.15) is 0 Å². The molecule has 0 radical (unpaired) electrons. The van der Waals surface area contributed by atoms with Crippen molar-refractivity contribution < 1.29 is 23.5 Å². The lowest BCUT2D eigenvalue weighted by Gasteiger charge is -2.22. The van der Waals surface area contributed by atoms with Gasteiger partial charge in [-0.05, 0) is 31.5 Å². The van der Waals surface area contributed by atoms with Crippen LogP contribution in [-0.4, -0.2) is 29.4 Å². The molecule has 2 aromatic carbocycles. The first kappa shape index (κ1) is 19.8. The predicted octanol–water partition coefficient (Wildman–Crippen LogP) is 3.30. The fourth-order valence-corrected chi connectivity index (χ4v) is 3.14. The highest BCUT2D eigenvalue weighted by molar-refractivity contribution is 6.31. The molecular formula is C20H18ClFN2O4. The topological polar surface area (TPSA) is 75.7 Å². The molecule has 1 saturated heterocycles. The predicted molar refractivity (Wildman–Crippen MR) is 100.0 cm³/mol. The van der Waals surface area contributed by atoms with Crippen LogP contribution in [0.3, 0.4) is 0 Å². The lowest BCUT2D eigenvalue weighted by Crippen LogP contribution is -2.41. The lowest BCUT2D eigenvalue weighted by molar-refractivity contribution is -0.148. The van der Waals surface area contributed by atoms with E-state index in [9.17, 15) is 18.8 Å². The molecule has 0 unspecified atom stereocenters. The van der Waals surface area contributed by atoms with Crippen LogP contribution in [-0.2, 0) is 26.5 Å². The van der Waals surface area contributed by atoms with Crippen LogP contribution in [0.1, 0.15) is 23.6 Å². The summed E-state index contributed by atoms with van der Waals surface area (Å²) in [5.74, 6) is -2.03. The third-order valence-electron chi connectivity index (χ3n) is 4.63. The summed E-state index contributed by atoms with van der Waals surface area (Å²) in [6, 6.07) is 10.5. The number of carbonyl (C=O) groups excluding carboxylic acids is 3. The van der Waals surface area contributed by atoms with E-state index in [0.29, 0.717) is 5.56 Å². The van der Waals surface area contributed by atoms with Crippen molar-refractivity contribution in [3.8, 4) is 0 Å². The molecule has 1 heterocycles. The maximum Gasteiger partial charge on any atom is 0.326 e. The van der Waals surface area contributed by atoms with Crippen LogP contribution in [0.5, 0.6) is 0 Å². The lowest BCUT2D eigenvalue weighted by atomic mass is 9.91. The Kier molecular flexibility index (Phi) is 5.38. The monoisotopic (exact) mass is 404 g/mol. The Hall–Kier alpha value is -2.93. The van der Waals surface area contributed by atoms with E-state index in [-0.39, 0.29) is 10.6 Å². The Balaban J connectivity index is 1.69. The number of rotatable bonds is 5. The highest BCUT2D eigenvalue weighted by atomic mass is 35.5. The van der Waals surface area contributed by atoms with Gasteiger partial charge in [0, 0.05) is 5.56 Å². The number of aryl methyl sites for hydroxylation is 1. The molecule has 0 saturated carbocycles. The van der Waals surface area contributed by atoms with Crippen LogP contribution >= 0.6 is 11.6 Å². The summed E-state index contributed by atoms with van der Waals surface area (Å²) < 4.78 is 18.7. The summed E-state index contributed by atoms with van der Waals surface area (Å²) in [5, 5.41) is 2.73. The summed E-state index contributed by atoms with van der Waals surface area (Å²) >= 11 is 5.89. The summed E-state index contributed by atoms with van der Waals surface area (Å²) in [6.45, 7) is 2.50. The van der Waals surface area contributed by atoms with Gasteiger partial charge in [-0.15, -0.1) is 0 Å². The van der Waals surface area contributed by atoms with E-state index in [4.69, 9.17) is 16.3 Å². The van der Waals surface area contributed by atoms with Crippen molar-refractivity contribution in [3.05, 3.63) is 70.0 Å². The third kappa shape index (κ3) is 3.71. The van der Waals surface area contributed by atoms with Gasteiger partial charge in [0.2, 0.25) is 0 Å². The molecule has 0 aliphatic carbocycles. The van der Waals surface area contributed by atoms with Crippen LogP contribution in [0.2, 0.25) is 5.02 Å². The number of nitrogens with zero attached hydrogens (tertiary/aromatic N) is 1. The van der Waals surface area contributed by atoms with E-state index in [2.05, 4.69) is 5.32 Å². The molecule has 28 heavy (non-hydrogen) atoms. The Morgan fingerprint density at radius 3 is 2.54 bits per heavy atom. The van der Waals surface area contributed by atoms with Crippen molar-refractivity contribution in [2.75, 3.05) is 6.54 Å². The molecule has 2 aromatic rings. The number of imide groups is 1. The minimum absolute atomic E-state index is 0.0270. The number of hydrogen-bond acceptors (Lipinski definition) is 4. The Morgan fingerprint density at radius 1 is 1.21 bits per heavy atom. The molecule has 8 heteroatoms. The first-order valence-corrected chi connectivity index (χ1v) is 8.90. The number of halogens is 2. The summed E-state index contributed by atoms with van der Waals surface area (Å²) in [7, 11) is 0. The van der Waals surface area contributed by atoms with Crippen molar-refractivity contribution in [1.29, 1.82) is 0 Å². The first-order valence-electron chi connectivity index (χ1n) is 8.52. The number of benzene rings is 2. The van der Waals surface area contributed by atoms with E-state index in [0.717, 1.165) is 10.5 Å². The number of amides is 3. The average Bonchev–Trinajstić information content (AvgIpc) is 2.86. The maximum absolute atomic E-state index is 13.7. The van der Waals surface area contributed by atoms with Crippen molar-refractivity contribution in [1.82, 2.24) is 10.2 Å². The number of esters is 1. The Bertz CT molecular complexity index is 927. The van der Waals surface area contributed by atoms with Crippen LogP contribution in [0, 0.1) is 12.7 Å². The molecule has 1 fully saturated rings. The second kappa shape index (κ2) is 7.59. The van der Waals surface area contributed by atoms with Gasteiger partial charge in [-0.25, -0.2) is 9.18 Å². The van der Waals surface area contributed by atoms with E-state index >= 15 is 0 Å². The van der Waals surface area contributed by atoms with Crippen LogP contribution < -0.4 is 5.32 Å². The third-order valence-corrected chi connectivity index (χ3v) is 4.98. The molecule has 1 atom stereocenters. The number of urea groups is 1. The number of ether oxygens (including phenoxy) is 1. The second-order valence-electron chi connectivity index (χ2n) is 6.67. The minimum Gasteiger partial charge on any atom is -0.459 e. The molecule has 0 bridgehead atoms. The zero-order valence-electron chi connectivity index (χ0n) is 15.3. The zero-order valence-corrected chi connectivity index (χ0v) is 16.0. The molecule has 1 N–H and O–H groups in total. The minimum atomic E-state index is -1.28. The summed E-state index contributed by atoms with van der Waals surface area (Å²) in [4.78, 5) is 38.0. The molecule has 1 aliphatic rings. The largest absolute Gasteiger partial charge is 0.459 e. The number of nitrogens with one attached hydrogen (secondary N) is 1. The van der Waals surface area contributed by atoms with Gasteiger partial charge in [0.05, 0.1) is 5.02 Å². The fourth-order valence-electron chi connectivity index (χ4n) is 2.92. The smallest absolute Gasteiger partial charge is 0.326 e. The van der Waals surface area contributed by atoms with Gasteiger partial charge in [0.1, 0.15) is 24.5 Å². The van der Waals surface area contributed by atoms with Crippen molar-refractivity contribution in [2.24, 2.45) is 0 Å². The highest BCUT2D eigenvalue weighted by Gasteiger charge is 2.49. The first-order chi connectivity index (χ1) is 13.2. The maximum atomic E-state index is 13.7. The zero-order chi connectivity index (χ0) is 20.5. The molecule has 1 aliphatic heterocycles. The Labute approximate surface area is 166 Å². The number of carbonyl (C=O) groups is 3. The molecule has 0 aromatic heterocycles. The van der Waals surface area contributed by atoms with Gasteiger partial charge < -0.3 is 10.1 Å². The van der Waals surface area contributed by atoms with Gasteiger partial charge in [-0.3, -0.25) is 14.5 Å². The summed E-state index contributed by atoms with van der Waals surface area (Å²) in [5.41, 5.74) is 0.362. The SMILES string of the molecule is Cc1ccc([C@]2(C)NC(=O)N(CC(=O)OCc3c(F)cccc3Cl)C2=O)cc1. The molecule has 146 valence electrons. The average molecular weight is 405 g/mol. The molecule has 0 spiro atoms. The van der Waals surface area contributed by atoms with E-state index in [1.54, 1.807) is 19.1 Å². The second-order valence-corrected chi connectivity index (χ2v) is 7.08. The van der Waals surface area contributed by atoms with Crippen molar-refractivity contribution in [2.45, 2.75) is 26.0 Å². The van der Waals surface area contributed by atoms with Crippen molar-refractivity contribution >= 4 is 29.5 Å². The van der Waals surface area contributed by atoms with Gasteiger partial charge in [0.25, 0.3) is 5.91 Å².